The van der Waals surface area contributed by atoms with Crippen LogP contribution in [-0.2, 0) is 15.8 Å². The summed E-state index contributed by atoms with van der Waals surface area (Å²) in [4.78, 5) is 0. The van der Waals surface area contributed by atoms with Crippen molar-refractivity contribution in [3.63, 3.8) is 0 Å². The molecule has 1 aliphatic heterocycles. The van der Waals surface area contributed by atoms with Crippen LogP contribution in [0.1, 0.15) is 37.0 Å². The topological polar surface area (TPSA) is 9.23 Å². The minimum absolute atomic E-state index is 0.0892. The molecule has 2 aliphatic rings. The Morgan fingerprint density at radius 1 is 0.952 bits per heavy atom. The van der Waals surface area contributed by atoms with E-state index in [-0.39, 0.29) is 11.0 Å². The Kier molecular flexibility index (Phi) is 2.42. The summed E-state index contributed by atoms with van der Waals surface area (Å²) in [6.45, 7) is 8.80. The summed E-state index contributed by atoms with van der Waals surface area (Å²) in [5.74, 6) is 1.31. The Balaban J connectivity index is 2.05. The van der Waals surface area contributed by atoms with E-state index in [0.29, 0.717) is 5.92 Å². The summed E-state index contributed by atoms with van der Waals surface area (Å²) in [5, 5.41) is 0. The summed E-state index contributed by atoms with van der Waals surface area (Å²) in [5.41, 5.74) is 3.69. The summed E-state index contributed by atoms with van der Waals surface area (Å²) in [7, 11) is 0. The van der Waals surface area contributed by atoms with Gasteiger partial charge in [0.05, 0.1) is 5.76 Å². The zero-order valence-corrected chi connectivity index (χ0v) is 12.6. The average molecular weight is 276 g/mol. The van der Waals surface area contributed by atoms with Crippen LogP contribution < -0.4 is 0 Å². The van der Waals surface area contributed by atoms with E-state index < -0.39 is 0 Å². The van der Waals surface area contributed by atoms with E-state index in [1.807, 2.05) is 0 Å². The summed E-state index contributed by atoms with van der Waals surface area (Å²) in [6, 6.07) is 19.4. The quantitative estimate of drug-likeness (QED) is 0.729. The molecule has 0 radical (unpaired) electrons. The molecule has 1 aliphatic carbocycles. The van der Waals surface area contributed by atoms with Crippen LogP contribution in [0.15, 0.2) is 66.9 Å². The number of hydrogen-bond acceptors (Lipinski definition) is 1. The third-order valence-electron chi connectivity index (χ3n) is 5.32. The molecular formula is C20H20O. The van der Waals surface area contributed by atoms with Crippen LogP contribution in [0.5, 0.6) is 0 Å². The lowest BCUT2D eigenvalue weighted by Crippen LogP contribution is -2.35. The third-order valence-corrected chi connectivity index (χ3v) is 5.32. The van der Waals surface area contributed by atoms with Gasteiger partial charge in [-0.15, -0.1) is 0 Å². The molecule has 106 valence electrons. The Morgan fingerprint density at radius 2 is 1.57 bits per heavy atom. The molecule has 2 aromatic carbocycles. The predicted molar refractivity (Wildman–Crippen MR) is 85.0 cm³/mol. The molecule has 0 saturated carbocycles. The van der Waals surface area contributed by atoms with Crippen molar-refractivity contribution in [1.82, 2.24) is 0 Å². The molecule has 0 spiro atoms. The van der Waals surface area contributed by atoms with Gasteiger partial charge in [-0.3, -0.25) is 0 Å². The van der Waals surface area contributed by atoms with Crippen molar-refractivity contribution in [1.29, 1.82) is 0 Å². The molecule has 1 saturated heterocycles. The lowest BCUT2D eigenvalue weighted by Gasteiger charge is -2.34. The van der Waals surface area contributed by atoms with E-state index in [2.05, 4.69) is 75.0 Å². The molecule has 1 heterocycles. The average Bonchev–Trinajstić information content (AvgIpc) is 2.95. The van der Waals surface area contributed by atoms with Crippen LogP contribution >= 0.6 is 0 Å². The Hall–Kier alpha value is -2.02. The number of rotatable bonds is 1. The fourth-order valence-corrected chi connectivity index (χ4v) is 4.38. The van der Waals surface area contributed by atoms with E-state index in [4.69, 9.17) is 4.74 Å². The van der Waals surface area contributed by atoms with Crippen molar-refractivity contribution < 1.29 is 4.74 Å². The Morgan fingerprint density at radius 3 is 2.29 bits per heavy atom. The number of benzene rings is 2. The van der Waals surface area contributed by atoms with E-state index in [1.165, 1.54) is 16.7 Å². The lowest BCUT2D eigenvalue weighted by atomic mass is 9.71. The van der Waals surface area contributed by atoms with Crippen LogP contribution in [0, 0.1) is 5.92 Å². The number of allylic oxidation sites excluding steroid dienone is 1. The first-order valence-corrected chi connectivity index (χ1v) is 7.59. The van der Waals surface area contributed by atoms with Gasteiger partial charge in [-0.05, 0) is 11.0 Å². The van der Waals surface area contributed by atoms with E-state index in [0.717, 1.165) is 12.2 Å². The van der Waals surface area contributed by atoms with Crippen molar-refractivity contribution in [2.24, 2.45) is 5.92 Å². The minimum Gasteiger partial charge on any atom is -0.482 e. The first kappa shape index (κ1) is 12.7. The van der Waals surface area contributed by atoms with Gasteiger partial charge in [-0.1, -0.05) is 75.0 Å². The smallest absolute Gasteiger partial charge is 0.163 e. The second kappa shape index (κ2) is 4.00. The molecule has 1 heteroatoms. The summed E-state index contributed by atoms with van der Waals surface area (Å²) >= 11 is 0. The fourth-order valence-electron chi connectivity index (χ4n) is 4.38. The molecule has 2 unspecified atom stereocenters. The highest BCUT2D eigenvalue weighted by molar-refractivity contribution is 5.53. The second-order valence-electron chi connectivity index (χ2n) is 6.77. The maximum atomic E-state index is 6.43. The van der Waals surface area contributed by atoms with Crippen LogP contribution in [0.4, 0.5) is 0 Å². The molecular weight excluding hydrogens is 256 g/mol. The maximum Gasteiger partial charge on any atom is 0.163 e. The lowest BCUT2D eigenvalue weighted by molar-refractivity contribution is 0.0372. The van der Waals surface area contributed by atoms with Crippen molar-refractivity contribution in [2.45, 2.75) is 31.3 Å². The van der Waals surface area contributed by atoms with Gasteiger partial charge in [0.2, 0.25) is 0 Å². The Labute approximate surface area is 126 Å². The maximum absolute atomic E-state index is 6.43. The predicted octanol–water partition coefficient (Wildman–Crippen LogP) is 4.77. The number of fused-ring (bicyclic) bond motifs is 3. The van der Waals surface area contributed by atoms with Crippen molar-refractivity contribution in [2.75, 3.05) is 0 Å². The van der Waals surface area contributed by atoms with Gasteiger partial charge in [0.25, 0.3) is 0 Å². The molecule has 4 rings (SSSR count). The molecule has 0 aromatic heterocycles. The SMILES string of the molecule is C=C1CC2C(C)(C)c3ccccc3C2(c2ccccc2)O1. The molecule has 0 bridgehead atoms. The molecule has 0 N–H and O–H groups in total. The van der Waals surface area contributed by atoms with Crippen molar-refractivity contribution in [3.8, 4) is 0 Å². The highest BCUT2D eigenvalue weighted by atomic mass is 16.5. The highest BCUT2D eigenvalue weighted by Gasteiger charge is 2.62. The highest BCUT2D eigenvalue weighted by Crippen LogP contribution is 2.63. The molecule has 2 aromatic rings. The van der Waals surface area contributed by atoms with Crippen LogP contribution in [0.3, 0.4) is 0 Å². The second-order valence-corrected chi connectivity index (χ2v) is 6.77. The molecule has 21 heavy (non-hydrogen) atoms. The van der Waals surface area contributed by atoms with Gasteiger partial charge in [0.1, 0.15) is 0 Å². The summed E-state index contributed by atoms with van der Waals surface area (Å²) in [6.07, 6.45) is 0.927. The monoisotopic (exact) mass is 276 g/mol. The van der Waals surface area contributed by atoms with E-state index in [9.17, 15) is 0 Å². The minimum atomic E-state index is -0.363. The van der Waals surface area contributed by atoms with E-state index in [1.54, 1.807) is 0 Å². The van der Waals surface area contributed by atoms with Crippen LogP contribution in [0.2, 0.25) is 0 Å². The first-order valence-electron chi connectivity index (χ1n) is 7.59. The standard InChI is InChI=1S/C20H20O/c1-14-13-18-19(2,3)16-11-7-8-12-17(16)20(18,21-14)15-9-5-4-6-10-15/h4-12,18H,1,13H2,2-3H3. The Bertz CT molecular complexity index is 714. The number of ether oxygens (including phenoxy) is 1. The fraction of sp³-hybridized carbons (Fsp3) is 0.300. The van der Waals surface area contributed by atoms with Gasteiger partial charge in [-0.25, -0.2) is 0 Å². The van der Waals surface area contributed by atoms with Gasteiger partial charge in [0.15, 0.2) is 5.60 Å². The van der Waals surface area contributed by atoms with Gasteiger partial charge >= 0.3 is 0 Å². The van der Waals surface area contributed by atoms with Gasteiger partial charge < -0.3 is 4.74 Å². The molecule has 1 fully saturated rings. The molecule has 0 amide bonds. The van der Waals surface area contributed by atoms with Crippen LogP contribution in [0.25, 0.3) is 0 Å². The van der Waals surface area contributed by atoms with E-state index >= 15 is 0 Å². The number of hydrogen-bond donors (Lipinski definition) is 0. The van der Waals surface area contributed by atoms with Gasteiger partial charge in [-0.2, -0.15) is 0 Å². The molecule has 2 atom stereocenters. The zero-order chi connectivity index (χ0) is 14.7. The zero-order valence-electron chi connectivity index (χ0n) is 12.6. The third kappa shape index (κ3) is 1.47. The van der Waals surface area contributed by atoms with Crippen molar-refractivity contribution in [3.05, 3.63) is 83.6 Å². The van der Waals surface area contributed by atoms with Crippen molar-refractivity contribution >= 4 is 0 Å². The molecule has 1 nitrogen and oxygen atoms in total. The summed E-state index contributed by atoms with van der Waals surface area (Å²) < 4.78 is 6.43. The first-order chi connectivity index (χ1) is 10.1. The largest absolute Gasteiger partial charge is 0.482 e. The normalized spacial score (nSPS) is 28.9. The van der Waals surface area contributed by atoms with Crippen LogP contribution in [-0.4, -0.2) is 0 Å². The van der Waals surface area contributed by atoms with Gasteiger partial charge in [0, 0.05) is 23.5 Å².